The molecule has 2 aliphatic rings. The Kier molecular flexibility index (Phi) is 7.20. The zero-order valence-electron chi connectivity index (χ0n) is 19.3. The number of piperidine rings is 1. The molecule has 1 atom stereocenters. The van der Waals surface area contributed by atoms with Gasteiger partial charge in [-0.15, -0.1) is 0 Å². The van der Waals surface area contributed by atoms with E-state index in [0.717, 1.165) is 5.75 Å². The van der Waals surface area contributed by atoms with Crippen LogP contribution < -0.4 is 9.47 Å². The molecule has 2 aromatic rings. The van der Waals surface area contributed by atoms with Crippen molar-refractivity contribution < 1.29 is 33.3 Å². The first-order chi connectivity index (χ1) is 16.5. The largest absolute Gasteiger partial charge is 0.497 e. The van der Waals surface area contributed by atoms with E-state index in [4.69, 9.17) is 18.9 Å². The van der Waals surface area contributed by atoms with Gasteiger partial charge in [0.25, 0.3) is 5.91 Å². The summed E-state index contributed by atoms with van der Waals surface area (Å²) in [6.45, 7) is 1.75. The van der Waals surface area contributed by atoms with Gasteiger partial charge in [-0.1, -0.05) is 6.07 Å². The van der Waals surface area contributed by atoms with E-state index in [1.165, 1.54) is 7.11 Å². The van der Waals surface area contributed by atoms with Gasteiger partial charge in [0.2, 0.25) is 0 Å². The Labute approximate surface area is 198 Å². The van der Waals surface area contributed by atoms with Crippen molar-refractivity contribution in [3.63, 3.8) is 0 Å². The van der Waals surface area contributed by atoms with Crippen molar-refractivity contribution in [3.05, 3.63) is 59.7 Å². The second-order valence-corrected chi connectivity index (χ2v) is 8.24. The molecule has 0 saturated carbocycles. The molecule has 0 aromatic heterocycles. The van der Waals surface area contributed by atoms with Crippen LogP contribution in [0, 0.1) is 0 Å². The molecule has 0 N–H and O–H groups in total. The quantitative estimate of drug-likeness (QED) is 0.577. The molecule has 0 spiro atoms. The number of cyclic esters (lactones) is 1. The minimum atomic E-state index is -0.480. The van der Waals surface area contributed by atoms with Gasteiger partial charge in [0, 0.05) is 24.7 Å². The van der Waals surface area contributed by atoms with E-state index in [0.29, 0.717) is 49.4 Å². The van der Waals surface area contributed by atoms with Crippen LogP contribution >= 0.6 is 0 Å². The van der Waals surface area contributed by atoms with E-state index in [-0.39, 0.29) is 30.8 Å². The number of carbonyl (C=O) groups excluding carboxylic acids is 3. The highest BCUT2D eigenvalue weighted by Gasteiger charge is 2.38. The van der Waals surface area contributed by atoms with Crippen LogP contribution in [0.4, 0.5) is 4.79 Å². The molecule has 180 valence electrons. The predicted octanol–water partition coefficient (Wildman–Crippen LogP) is 2.99. The van der Waals surface area contributed by atoms with Gasteiger partial charge in [-0.2, -0.15) is 0 Å². The number of hydrogen-bond donors (Lipinski definition) is 0. The molecule has 2 aliphatic heterocycles. The van der Waals surface area contributed by atoms with E-state index >= 15 is 0 Å². The van der Waals surface area contributed by atoms with Gasteiger partial charge < -0.3 is 28.7 Å². The number of nitrogens with zero attached hydrogens (tertiary/aromatic N) is 2. The fraction of sp³-hybridized carbons (Fsp3) is 0.400. The van der Waals surface area contributed by atoms with Crippen LogP contribution in [-0.2, 0) is 9.47 Å². The van der Waals surface area contributed by atoms with Crippen molar-refractivity contribution in [1.82, 2.24) is 9.80 Å². The molecule has 2 amide bonds. The van der Waals surface area contributed by atoms with Gasteiger partial charge >= 0.3 is 12.1 Å². The first kappa shape index (κ1) is 23.4. The number of hydrogen-bond acceptors (Lipinski definition) is 7. The van der Waals surface area contributed by atoms with Crippen molar-refractivity contribution in [3.8, 4) is 11.5 Å². The van der Waals surface area contributed by atoms with E-state index in [1.807, 2.05) is 12.1 Å². The number of ether oxygens (including phenoxy) is 4. The van der Waals surface area contributed by atoms with Crippen molar-refractivity contribution in [2.45, 2.75) is 25.0 Å². The number of rotatable bonds is 7. The fourth-order valence-corrected chi connectivity index (χ4v) is 4.25. The van der Waals surface area contributed by atoms with E-state index in [2.05, 4.69) is 0 Å². The topological polar surface area (TPSA) is 94.6 Å². The Morgan fingerprint density at radius 3 is 2.35 bits per heavy atom. The van der Waals surface area contributed by atoms with E-state index in [9.17, 15) is 14.4 Å². The summed E-state index contributed by atoms with van der Waals surface area (Å²) in [7, 11) is 2.91. The first-order valence-corrected chi connectivity index (χ1v) is 11.2. The van der Waals surface area contributed by atoms with Crippen molar-refractivity contribution in [2.75, 3.05) is 40.5 Å². The van der Waals surface area contributed by atoms with Crippen molar-refractivity contribution in [2.24, 2.45) is 0 Å². The maximum atomic E-state index is 12.9. The summed E-state index contributed by atoms with van der Waals surface area (Å²) in [5.74, 6) is 0.801. The summed E-state index contributed by atoms with van der Waals surface area (Å²) in [5, 5.41) is 0. The monoisotopic (exact) mass is 468 g/mol. The molecule has 2 aromatic carbocycles. The Bertz CT molecular complexity index is 1030. The van der Waals surface area contributed by atoms with Crippen molar-refractivity contribution >= 4 is 18.0 Å². The Morgan fingerprint density at radius 2 is 1.68 bits per heavy atom. The highest BCUT2D eigenvalue weighted by Crippen LogP contribution is 2.25. The third kappa shape index (κ3) is 5.24. The van der Waals surface area contributed by atoms with Gasteiger partial charge in [0.05, 0.1) is 26.3 Å². The number of methoxy groups -OCH3 is 2. The van der Waals surface area contributed by atoms with Crippen LogP contribution in [-0.4, -0.2) is 80.4 Å². The van der Waals surface area contributed by atoms with Crippen LogP contribution in [0.1, 0.15) is 33.6 Å². The lowest BCUT2D eigenvalue weighted by Gasteiger charge is -2.35. The number of esters is 1. The molecule has 34 heavy (non-hydrogen) atoms. The van der Waals surface area contributed by atoms with Gasteiger partial charge in [-0.3, -0.25) is 4.79 Å². The Morgan fingerprint density at radius 1 is 1.00 bits per heavy atom. The van der Waals surface area contributed by atoms with Crippen LogP contribution in [0.25, 0.3) is 0 Å². The van der Waals surface area contributed by atoms with Crippen LogP contribution in [0.3, 0.4) is 0 Å². The lowest BCUT2D eigenvalue weighted by Crippen LogP contribution is -2.47. The first-order valence-electron chi connectivity index (χ1n) is 11.2. The smallest absolute Gasteiger partial charge is 0.410 e. The fourth-order valence-electron chi connectivity index (χ4n) is 4.25. The standard InChI is InChI=1S/C25H28N2O7/c1-31-20-6-8-21(9-7-20)33-16-22-15-27(25(30)34-22)19-10-12-26(13-11-19)23(28)17-4-3-5-18(14-17)24(29)32-2/h3-9,14,19,22H,10-13,15-16H2,1-2H3. The second-order valence-electron chi connectivity index (χ2n) is 8.24. The lowest BCUT2D eigenvalue weighted by atomic mass is 10.0. The second kappa shape index (κ2) is 10.5. The maximum absolute atomic E-state index is 12.9. The highest BCUT2D eigenvalue weighted by molar-refractivity contribution is 5.98. The zero-order chi connectivity index (χ0) is 24.1. The van der Waals surface area contributed by atoms with Crippen LogP contribution in [0.2, 0.25) is 0 Å². The van der Waals surface area contributed by atoms with Gasteiger partial charge in [0.15, 0.2) is 6.10 Å². The summed E-state index contributed by atoms with van der Waals surface area (Å²) >= 11 is 0. The summed E-state index contributed by atoms with van der Waals surface area (Å²) < 4.78 is 21.1. The van der Waals surface area contributed by atoms with Crippen molar-refractivity contribution in [1.29, 1.82) is 0 Å². The molecule has 9 nitrogen and oxygen atoms in total. The third-order valence-corrected chi connectivity index (χ3v) is 6.12. The van der Waals surface area contributed by atoms with Gasteiger partial charge in [-0.05, 0) is 55.3 Å². The maximum Gasteiger partial charge on any atom is 0.410 e. The van der Waals surface area contributed by atoms with Crippen LogP contribution in [0.5, 0.6) is 11.5 Å². The molecule has 2 saturated heterocycles. The lowest BCUT2D eigenvalue weighted by molar-refractivity contribution is 0.0600. The Balaban J connectivity index is 1.27. The molecule has 0 bridgehead atoms. The van der Waals surface area contributed by atoms with Gasteiger partial charge in [0.1, 0.15) is 18.1 Å². The molecule has 4 rings (SSSR count). The molecule has 1 unspecified atom stereocenters. The molecular formula is C25H28N2O7. The molecule has 9 heteroatoms. The number of carbonyl (C=O) groups is 3. The minimum Gasteiger partial charge on any atom is -0.497 e. The van der Waals surface area contributed by atoms with Gasteiger partial charge in [-0.25, -0.2) is 9.59 Å². The number of benzene rings is 2. The normalized spacial score (nSPS) is 18.4. The highest BCUT2D eigenvalue weighted by atomic mass is 16.6. The van der Waals surface area contributed by atoms with E-state index in [1.54, 1.807) is 53.3 Å². The molecule has 2 heterocycles. The molecule has 0 aliphatic carbocycles. The molecule has 0 radical (unpaired) electrons. The average molecular weight is 469 g/mol. The predicted molar refractivity (Wildman–Crippen MR) is 122 cm³/mol. The number of amides is 2. The summed E-state index contributed by atoms with van der Waals surface area (Å²) in [5.41, 5.74) is 0.781. The SMILES string of the molecule is COC(=O)c1cccc(C(=O)N2CCC(N3CC(COc4ccc(OC)cc4)OC3=O)CC2)c1. The van der Waals surface area contributed by atoms with E-state index < -0.39 is 5.97 Å². The molecule has 2 fully saturated rings. The Hall–Kier alpha value is -3.75. The van der Waals surface area contributed by atoms with Crippen LogP contribution in [0.15, 0.2) is 48.5 Å². The average Bonchev–Trinajstić information content (AvgIpc) is 3.27. The summed E-state index contributed by atoms with van der Waals surface area (Å²) in [4.78, 5) is 40.6. The zero-order valence-corrected chi connectivity index (χ0v) is 19.3. The minimum absolute atomic E-state index is 0.00365. The summed E-state index contributed by atoms with van der Waals surface area (Å²) in [6, 6.07) is 13.7. The molecular weight excluding hydrogens is 440 g/mol. The summed E-state index contributed by atoms with van der Waals surface area (Å²) in [6.07, 6.45) is 0.613. The third-order valence-electron chi connectivity index (χ3n) is 6.12. The number of likely N-dealkylation sites (tertiary alicyclic amines) is 1.